The van der Waals surface area contributed by atoms with Crippen molar-refractivity contribution in [2.24, 2.45) is 11.7 Å². The highest BCUT2D eigenvalue weighted by atomic mass is 19.1. The van der Waals surface area contributed by atoms with Gasteiger partial charge in [-0.15, -0.1) is 0 Å². The lowest BCUT2D eigenvalue weighted by Crippen LogP contribution is -2.32. The first kappa shape index (κ1) is 11.2. The van der Waals surface area contributed by atoms with Crippen LogP contribution in [0.2, 0.25) is 0 Å². The Morgan fingerprint density at radius 3 is 2.21 bits per heavy atom. The van der Waals surface area contributed by atoms with Crippen LogP contribution in [-0.4, -0.2) is 6.54 Å². The molecule has 0 aliphatic heterocycles. The summed E-state index contributed by atoms with van der Waals surface area (Å²) in [6.45, 7) is 7.03. The third-order valence-electron chi connectivity index (χ3n) is 3.17. The Labute approximate surface area is 85.1 Å². The molecule has 1 atom stereocenters. The molecule has 14 heavy (non-hydrogen) atoms. The molecule has 0 aliphatic rings. The van der Waals surface area contributed by atoms with E-state index in [1.165, 1.54) is 12.1 Å². The fourth-order valence-corrected chi connectivity index (χ4v) is 1.46. The lowest BCUT2D eigenvalue weighted by atomic mass is 9.74. The van der Waals surface area contributed by atoms with Gasteiger partial charge in [0.1, 0.15) is 5.82 Å². The zero-order valence-electron chi connectivity index (χ0n) is 9.05. The number of hydrogen-bond acceptors (Lipinski definition) is 1. The van der Waals surface area contributed by atoms with Crippen LogP contribution in [-0.2, 0) is 5.41 Å². The molecule has 0 bridgehead atoms. The maximum Gasteiger partial charge on any atom is 0.123 e. The van der Waals surface area contributed by atoms with Gasteiger partial charge in [0, 0.05) is 0 Å². The van der Waals surface area contributed by atoms with Crippen LogP contribution in [0.1, 0.15) is 26.3 Å². The lowest BCUT2D eigenvalue weighted by Gasteiger charge is -2.31. The summed E-state index contributed by atoms with van der Waals surface area (Å²) in [7, 11) is 0. The molecule has 0 aliphatic carbocycles. The first-order chi connectivity index (χ1) is 6.48. The average molecular weight is 195 g/mol. The molecule has 1 aromatic carbocycles. The minimum absolute atomic E-state index is 0.00243. The van der Waals surface area contributed by atoms with E-state index in [0.29, 0.717) is 12.5 Å². The molecule has 78 valence electrons. The Hall–Kier alpha value is -0.890. The first-order valence-electron chi connectivity index (χ1n) is 4.94. The predicted octanol–water partition coefficient (Wildman–Crippen LogP) is 2.70. The molecule has 0 fully saturated rings. The van der Waals surface area contributed by atoms with Gasteiger partial charge in [0.05, 0.1) is 0 Å². The fraction of sp³-hybridized carbons (Fsp3) is 0.500. The minimum Gasteiger partial charge on any atom is -0.330 e. The number of benzene rings is 1. The quantitative estimate of drug-likeness (QED) is 0.788. The third kappa shape index (κ3) is 2.13. The summed E-state index contributed by atoms with van der Waals surface area (Å²) >= 11 is 0. The van der Waals surface area contributed by atoms with Gasteiger partial charge in [-0.1, -0.05) is 32.9 Å². The second-order valence-corrected chi connectivity index (χ2v) is 4.37. The lowest BCUT2D eigenvalue weighted by molar-refractivity contribution is 0.352. The molecule has 0 spiro atoms. The van der Waals surface area contributed by atoms with Crippen molar-refractivity contribution in [3.05, 3.63) is 35.6 Å². The predicted molar refractivity (Wildman–Crippen MR) is 57.6 cm³/mol. The summed E-state index contributed by atoms with van der Waals surface area (Å²) in [6.07, 6.45) is 0. The van der Waals surface area contributed by atoms with Crippen LogP contribution in [0.3, 0.4) is 0 Å². The van der Waals surface area contributed by atoms with Crippen LogP contribution >= 0.6 is 0 Å². The van der Waals surface area contributed by atoms with Crippen molar-refractivity contribution in [2.45, 2.75) is 26.2 Å². The van der Waals surface area contributed by atoms with Gasteiger partial charge in [-0.25, -0.2) is 4.39 Å². The molecule has 0 heterocycles. The number of nitrogens with two attached hydrogens (primary N) is 1. The largest absolute Gasteiger partial charge is 0.330 e. The van der Waals surface area contributed by atoms with Crippen LogP contribution in [0.15, 0.2) is 24.3 Å². The van der Waals surface area contributed by atoms with Gasteiger partial charge in [0.2, 0.25) is 0 Å². The summed E-state index contributed by atoms with van der Waals surface area (Å²) in [4.78, 5) is 0. The second-order valence-electron chi connectivity index (χ2n) is 4.37. The maximum atomic E-state index is 12.7. The van der Waals surface area contributed by atoms with Crippen molar-refractivity contribution >= 4 is 0 Å². The Balaban J connectivity index is 2.97. The number of rotatable bonds is 3. The summed E-state index contributed by atoms with van der Waals surface area (Å²) in [5.41, 5.74) is 6.79. The van der Waals surface area contributed by atoms with E-state index in [1.54, 1.807) is 0 Å². The van der Waals surface area contributed by atoms with Crippen molar-refractivity contribution < 1.29 is 4.39 Å². The standard InChI is InChI=1S/C12H18FN/c1-9(8-14)12(2,3)10-4-6-11(13)7-5-10/h4-7,9H,8,14H2,1-3H3. The van der Waals surface area contributed by atoms with Crippen molar-refractivity contribution in [2.75, 3.05) is 6.54 Å². The Morgan fingerprint density at radius 2 is 1.79 bits per heavy atom. The molecule has 1 nitrogen and oxygen atoms in total. The normalized spacial score (nSPS) is 14.1. The highest BCUT2D eigenvalue weighted by molar-refractivity contribution is 5.25. The average Bonchev–Trinajstić information content (AvgIpc) is 2.17. The Bertz CT molecular complexity index is 290. The van der Waals surface area contributed by atoms with E-state index >= 15 is 0 Å². The van der Waals surface area contributed by atoms with Crippen molar-refractivity contribution in [1.29, 1.82) is 0 Å². The zero-order valence-corrected chi connectivity index (χ0v) is 9.05. The van der Waals surface area contributed by atoms with Gasteiger partial charge in [0.15, 0.2) is 0 Å². The van der Waals surface area contributed by atoms with Gasteiger partial charge in [0.25, 0.3) is 0 Å². The van der Waals surface area contributed by atoms with Crippen molar-refractivity contribution in [1.82, 2.24) is 0 Å². The molecule has 1 unspecified atom stereocenters. The van der Waals surface area contributed by atoms with Crippen LogP contribution in [0, 0.1) is 11.7 Å². The van der Waals surface area contributed by atoms with E-state index in [-0.39, 0.29) is 11.2 Å². The van der Waals surface area contributed by atoms with Gasteiger partial charge in [-0.3, -0.25) is 0 Å². The summed E-state index contributed by atoms with van der Waals surface area (Å²) in [5.74, 6) is 0.193. The highest BCUT2D eigenvalue weighted by Gasteiger charge is 2.26. The SMILES string of the molecule is CC(CN)C(C)(C)c1ccc(F)cc1. The summed E-state index contributed by atoms with van der Waals surface area (Å²) in [5, 5.41) is 0. The highest BCUT2D eigenvalue weighted by Crippen LogP contribution is 2.30. The molecule has 0 amide bonds. The molecule has 1 aromatic rings. The molecule has 2 N–H and O–H groups in total. The Kier molecular flexibility index (Phi) is 3.27. The molecule has 0 radical (unpaired) electrons. The van der Waals surface area contributed by atoms with Gasteiger partial charge in [-0.2, -0.15) is 0 Å². The van der Waals surface area contributed by atoms with E-state index in [4.69, 9.17) is 5.73 Å². The van der Waals surface area contributed by atoms with E-state index in [2.05, 4.69) is 20.8 Å². The minimum atomic E-state index is -0.190. The van der Waals surface area contributed by atoms with Crippen LogP contribution in [0.4, 0.5) is 4.39 Å². The monoisotopic (exact) mass is 195 g/mol. The van der Waals surface area contributed by atoms with Crippen LogP contribution < -0.4 is 5.73 Å². The third-order valence-corrected chi connectivity index (χ3v) is 3.17. The van der Waals surface area contributed by atoms with Gasteiger partial charge >= 0.3 is 0 Å². The van der Waals surface area contributed by atoms with Crippen molar-refractivity contribution in [3.8, 4) is 0 Å². The molecular weight excluding hydrogens is 177 g/mol. The maximum absolute atomic E-state index is 12.7. The van der Waals surface area contributed by atoms with E-state index in [1.807, 2.05) is 12.1 Å². The fourth-order valence-electron chi connectivity index (χ4n) is 1.46. The molecular formula is C12H18FN. The molecule has 0 saturated heterocycles. The first-order valence-corrected chi connectivity index (χ1v) is 4.94. The molecule has 0 aromatic heterocycles. The second kappa shape index (κ2) is 4.09. The van der Waals surface area contributed by atoms with E-state index < -0.39 is 0 Å². The van der Waals surface area contributed by atoms with Crippen LogP contribution in [0.25, 0.3) is 0 Å². The van der Waals surface area contributed by atoms with E-state index in [9.17, 15) is 4.39 Å². The number of hydrogen-bond donors (Lipinski definition) is 1. The Morgan fingerprint density at radius 1 is 1.29 bits per heavy atom. The van der Waals surface area contributed by atoms with Gasteiger partial charge < -0.3 is 5.73 Å². The molecule has 2 heteroatoms. The summed E-state index contributed by atoms with van der Waals surface area (Å²) in [6, 6.07) is 6.67. The topological polar surface area (TPSA) is 26.0 Å². The number of halogens is 1. The molecule has 0 saturated carbocycles. The zero-order chi connectivity index (χ0) is 10.8. The van der Waals surface area contributed by atoms with E-state index in [0.717, 1.165) is 5.56 Å². The molecule has 1 rings (SSSR count). The smallest absolute Gasteiger partial charge is 0.123 e. The van der Waals surface area contributed by atoms with Crippen LogP contribution in [0.5, 0.6) is 0 Å². The van der Waals surface area contributed by atoms with Gasteiger partial charge in [-0.05, 0) is 35.6 Å². The summed E-state index contributed by atoms with van der Waals surface area (Å²) < 4.78 is 12.7. The van der Waals surface area contributed by atoms with Crippen molar-refractivity contribution in [3.63, 3.8) is 0 Å².